The van der Waals surface area contributed by atoms with Crippen LogP contribution in [0.5, 0.6) is 0 Å². The molecule has 0 radical (unpaired) electrons. The van der Waals surface area contributed by atoms with E-state index in [1.165, 1.54) is 19.3 Å². The number of pyridine rings is 1. The Morgan fingerprint density at radius 3 is 2.86 bits per heavy atom. The van der Waals surface area contributed by atoms with Crippen molar-refractivity contribution in [2.24, 2.45) is 11.8 Å². The van der Waals surface area contributed by atoms with Gasteiger partial charge in [-0.25, -0.2) is 4.98 Å². The van der Waals surface area contributed by atoms with Crippen LogP contribution in [-0.2, 0) is 11.3 Å². The molecule has 2 aliphatic rings. The molecule has 152 valence electrons. The quantitative estimate of drug-likeness (QED) is 0.723. The third-order valence-electron chi connectivity index (χ3n) is 6.77. The number of fused-ring (bicyclic) bond motifs is 1. The second-order valence-electron chi connectivity index (χ2n) is 8.83. The molecule has 1 amide bonds. The average Bonchev–Trinajstić information content (AvgIpc) is 3.49. The first kappa shape index (κ1) is 18.4. The minimum Gasteiger partial charge on any atom is -0.346 e. The second kappa shape index (κ2) is 7.65. The van der Waals surface area contributed by atoms with Gasteiger partial charge in [0.05, 0.1) is 22.9 Å². The minimum absolute atomic E-state index is 0.267. The van der Waals surface area contributed by atoms with Crippen LogP contribution < -0.4 is 0 Å². The summed E-state index contributed by atoms with van der Waals surface area (Å²) >= 11 is 0. The second-order valence-corrected chi connectivity index (χ2v) is 8.83. The van der Waals surface area contributed by atoms with Crippen molar-refractivity contribution in [1.29, 1.82) is 0 Å². The van der Waals surface area contributed by atoms with E-state index in [1.54, 1.807) is 6.20 Å². The molecule has 1 saturated carbocycles. The maximum atomic E-state index is 13.0. The summed E-state index contributed by atoms with van der Waals surface area (Å²) < 4.78 is 2.30. The first-order chi connectivity index (χ1) is 14.2. The smallest absolute Gasteiger partial charge is 0.225 e. The number of nitrogens with one attached hydrogen (secondary N) is 1. The zero-order valence-electron chi connectivity index (χ0n) is 17.1. The lowest BCUT2D eigenvalue weighted by Gasteiger charge is -2.29. The molecule has 3 aromatic heterocycles. The number of nitrogens with zero attached hydrogens (tertiary/aromatic N) is 4. The number of aromatic amines is 1. The van der Waals surface area contributed by atoms with E-state index in [2.05, 4.69) is 51.0 Å². The van der Waals surface area contributed by atoms with E-state index in [0.29, 0.717) is 17.9 Å². The number of carbonyl (C=O) groups is 1. The lowest BCUT2D eigenvalue weighted by Crippen LogP contribution is -2.39. The number of likely N-dealkylation sites (tertiary alicyclic amines) is 1. The van der Waals surface area contributed by atoms with E-state index >= 15 is 0 Å². The molecule has 29 heavy (non-hydrogen) atoms. The molecule has 0 bridgehead atoms. The molecular weight excluding hydrogens is 362 g/mol. The number of aromatic nitrogens is 4. The molecule has 2 atom stereocenters. The van der Waals surface area contributed by atoms with Crippen molar-refractivity contribution in [3.05, 3.63) is 36.8 Å². The Hall–Kier alpha value is -2.63. The Kier molecular flexibility index (Phi) is 4.86. The standard InChI is InChI=1S/C23H29N5O/c1-16-11-17(15-28(16)23(29)18-5-3-2-4-6-18)14-27-10-9-21-22(27)8-7-20(26-21)19-12-24-25-13-19/h7-10,12-13,16-18H,2-6,11,14-15H2,1H3,(H,24,25)/t16-,17?/m0/s1. The lowest BCUT2D eigenvalue weighted by atomic mass is 9.88. The van der Waals surface area contributed by atoms with Crippen LogP contribution in [0.25, 0.3) is 22.3 Å². The van der Waals surface area contributed by atoms with Gasteiger partial charge in [-0.1, -0.05) is 19.3 Å². The van der Waals surface area contributed by atoms with Crippen LogP contribution in [-0.4, -0.2) is 43.1 Å². The summed E-state index contributed by atoms with van der Waals surface area (Å²) in [6.07, 6.45) is 12.8. The van der Waals surface area contributed by atoms with E-state index in [0.717, 1.165) is 54.6 Å². The molecule has 0 aromatic carbocycles. The Morgan fingerprint density at radius 1 is 1.21 bits per heavy atom. The van der Waals surface area contributed by atoms with Crippen LogP contribution >= 0.6 is 0 Å². The van der Waals surface area contributed by atoms with Crippen molar-refractivity contribution in [2.75, 3.05) is 6.54 Å². The first-order valence-electron chi connectivity index (χ1n) is 10.9. The fourth-order valence-corrected chi connectivity index (χ4v) is 5.23. The van der Waals surface area contributed by atoms with Gasteiger partial charge in [-0.15, -0.1) is 0 Å². The monoisotopic (exact) mass is 391 g/mol. The molecular formula is C23H29N5O. The number of H-pyrrole nitrogens is 1. The van der Waals surface area contributed by atoms with Crippen molar-refractivity contribution < 1.29 is 4.79 Å². The summed E-state index contributed by atoms with van der Waals surface area (Å²) in [7, 11) is 0. The largest absolute Gasteiger partial charge is 0.346 e. The van der Waals surface area contributed by atoms with Crippen LogP contribution in [0.15, 0.2) is 36.8 Å². The molecule has 1 N–H and O–H groups in total. The SMILES string of the molecule is C[C@H]1CC(Cn2ccc3nc(-c4cn[nH]c4)ccc32)CN1C(=O)C1CCCCC1. The molecule has 0 spiro atoms. The number of hydrogen-bond donors (Lipinski definition) is 1. The average molecular weight is 392 g/mol. The summed E-state index contributed by atoms with van der Waals surface area (Å²) in [5.41, 5.74) is 4.09. The molecule has 2 fully saturated rings. The zero-order valence-corrected chi connectivity index (χ0v) is 17.1. The summed E-state index contributed by atoms with van der Waals surface area (Å²) in [5, 5.41) is 6.86. The molecule has 1 aliphatic carbocycles. The fraction of sp³-hybridized carbons (Fsp3) is 0.522. The Balaban J connectivity index is 1.29. The number of carbonyl (C=O) groups excluding carboxylic acids is 1. The summed E-state index contributed by atoms with van der Waals surface area (Å²) in [6.45, 7) is 4.04. The van der Waals surface area contributed by atoms with Crippen LogP contribution in [0, 0.1) is 11.8 Å². The minimum atomic E-state index is 0.267. The summed E-state index contributed by atoms with van der Waals surface area (Å²) in [6, 6.07) is 6.64. The molecule has 3 aromatic rings. The van der Waals surface area contributed by atoms with Crippen LogP contribution in [0.2, 0.25) is 0 Å². The van der Waals surface area contributed by atoms with Crippen molar-refractivity contribution >= 4 is 16.9 Å². The number of hydrogen-bond acceptors (Lipinski definition) is 3. The molecule has 6 heteroatoms. The van der Waals surface area contributed by atoms with Gasteiger partial charge in [-0.3, -0.25) is 9.89 Å². The van der Waals surface area contributed by atoms with Crippen LogP contribution in [0.3, 0.4) is 0 Å². The van der Waals surface area contributed by atoms with Gasteiger partial charge in [0.25, 0.3) is 0 Å². The topological polar surface area (TPSA) is 66.8 Å². The maximum absolute atomic E-state index is 13.0. The molecule has 1 saturated heterocycles. The van der Waals surface area contributed by atoms with Crippen LogP contribution in [0.1, 0.15) is 45.4 Å². The Bertz CT molecular complexity index is 986. The van der Waals surface area contributed by atoms with E-state index < -0.39 is 0 Å². The summed E-state index contributed by atoms with van der Waals surface area (Å²) in [5.74, 6) is 1.17. The predicted octanol–water partition coefficient (Wildman–Crippen LogP) is 4.24. The zero-order chi connectivity index (χ0) is 19.8. The van der Waals surface area contributed by atoms with Gasteiger partial charge in [0.1, 0.15) is 0 Å². The lowest BCUT2D eigenvalue weighted by molar-refractivity contribution is -0.137. The van der Waals surface area contributed by atoms with E-state index in [1.807, 2.05) is 6.20 Å². The molecule has 5 rings (SSSR count). The number of rotatable bonds is 4. The number of amides is 1. The van der Waals surface area contributed by atoms with Gasteiger partial charge >= 0.3 is 0 Å². The van der Waals surface area contributed by atoms with E-state index in [9.17, 15) is 4.79 Å². The van der Waals surface area contributed by atoms with E-state index in [4.69, 9.17) is 4.98 Å². The van der Waals surface area contributed by atoms with Gasteiger partial charge in [0, 0.05) is 43.0 Å². The van der Waals surface area contributed by atoms with Crippen LogP contribution in [0.4, 0.5) is 0 Å². The van der Waals surface area contributed by atoms with Crippen molar-refractivity contribution in [2.45, 2.75) is 58.0 Å². The highest BCUT2D eigenvalue weighted by Crippen LogP contribution is 2.32. The van der Waals surface area contributed by atoms with Crippen molar-refractivity contribution in [3.8, 4) is 11.3 Å². The van der Waals surface area contributed by atoms with Gasteiger partial charge < -0.3 is 9.47 Å². The molecule has 4 heterocycles. The van der Waals surface area contributed by atoms with Gasteiger partial charge in [-0.05, 0) is 50.3 Å². The van der Waals surface area contributed by atoms with Gasteiger partial charge in [-0.2, -0.15) is 5.10 Å². The fourth-order valence-electron chi connectivity index (χ4n) is 5.23. The molecule has 1 aliphatic heterocycles. The Morgan fingerprint density at radius 2 is 2.07 bits per heavy atom. The van der Waals surface area contributed by atoms with E-state index in [-0.39, 0.29) is 5.92 Å². The van der Waals surface area contributed by atoms with Gasteiger partial charge in [0.2, 0.25) is 5.91 Å². The highest BCUT2D eigenvalue weighted by molar-refractivity contribution is 5.80. The highest BCUT2D eigenvalue weighted by atomic mass is 16.2. The normalized spacial score (nSPS) is 23.1. The van der Waals surface area contributed by atoms with Gasteiger partial charge in [0.15, 0.2) is 0 Å². The molecule has 6 nitrogen and oxygen atoms in total. The first-order valence-corrected chi connectivity index (χ1v) is 10.9. The maximum Gasteiger partial charge on any atom is 0.225 e. The third kappa shape index (κ3) is 3.56. The highest BCUT2D eigenvalue weighted by Gasteiger charge is 2.36. The predicted molar refractivity (Wildman–Crippen MR) is 113 cm³/mol. The van der Waals surface area contributed by atoms with Crippen molar-refractivity contribution in [3.63, 3.8) is 0 Å². The third-order valence-corrected chi connectivity index (χ3v) is 6.77. The Labute approximate surface area is 171 Å². The van der Waals surface area contributed by atoms with Crippen molar-refractivity contribution in [1.82, 2.24) is 24.6 Å². The summed E-state index contributed by atoms with van der Waals surface area (Å²) in [4.78, 5) is 20.0. The molecule has 1 unspecified atom stereocenters.